The summed E-state index contributed by atoms with van der Waals surface area (Å²) in [4.78, 5) is 8.41. The fraction of sp³-hybridized carbons (Fsp3) is 0.455. The van der Waals surface area contributed by atoms with Crippen molar-refractivity contribution in [2.45, 2.75) is 32.7 Å². The monoisotopic (exact) mass is 247 g/mol. The van der Waals surface area contributed by atoms with Gasteiger partial charge in [0.15, 0.2) is 0 Å². The molecule has 0 atom stereocenters. The van der Waals surface area contributed by atoms with E-state index in [2.05, 4.69) is 35.8 Å². The van der Waals surface area contributed by atoms with E-state index in [9.17, 15) is 0 Å². The molecule has 0 aliphatic carbocycles. The van der Waals surface area contributed by atoms with Crippen molar-refractivity contribution in [2.75, 3.05) is 0 Å². The molecule has 6 heteroatoms. The Morgan fingerprint density at radius 3 is 2.76 bits per heavy atom. The molecule has 0 aliphatic rings. The predicted molar refractivity (Wildman–Crippen MR) is 64.7 cm³/mol. The number of rotatable bonds is 2. The largest absolute Gasteiger partial charge is 0.252 e. The van der Waals surface area contributed by atoms with E-state index < -0.39 is 0 Å². The van der Waals surface area contributed by atoms with Crippen LogP contribution in [-0.4, -0.2) is 19.7 Å². The third kappa shape index (κ3) is 2.68. The molecule has 0 saturated carbocycles. The van der Waals surface area contributed by atoms with E-state index in [1.54, 1.807) is 22.3 Å². The summed E-state index contributed by atoms with van der Waals surface area (Å²) in [6.45, 7) is 6.97. The van der Waals surface area contributed by atoms with Gasteiger partial charge in [-0.1, -0.05) is 20.8 Å². The van der Waals surface area contributed by atoms with Crippen LogP contribution in [0, 0.1) is 11.3 Å². The Morgan fingerprint density at radius 2 is 2.24 bits per heavy atom. The highest BCUT2D eigenvalue weighted by Crippen LogP contribution is 2.25. The van der Waals surface area contributed by atoms with Crippen LogP contribution < -0.4 is 0 Å². The molecule has 2 aromatic heterocycles. The lowest BCUT2D eigenvalue weighted by Crippen LogP contribution is -2.11. The lowest BCUT2D eigenvalue weighted by atomic mass is 9.98. The quantitative estimate of drug-likeness (QED) is 0.813. The first-order valence-corrected chi connectivity index (χ1v) is 6.11. The molecule has 0 spiro atoms. The van der Waals surface area contributed by atoms with Gasteiger partial charge >= 0.3 is 0 Å². The fourth-order valence-electron chi connectivity index (χ4n) is 1.31. The summed E-state index contributed by atoms with van der Waals surface area (Å²) >= 11 is 1.65. The summed E-state index contributed by atoms with van der Waals surface area (Å²) in [5.74, 6) is 0.191. The van der Waals surface area contributed by atoms with Crippen molar-refractivity contribution in [1.82, 2.24) is 19.7 Å². The van der Waals surface area contributed by atoms with Gasteiger partial charge in [-0.2, -0.15) is 5.26 Å². The molecular weight excluding hydrogens is 234 g/mol. The van der Waals surface area contributed by atoms with Crippen LogP contribution in [0.25, 0.3) is 0 Å². The molecule has 2 heterocycles. The fourth-order valence-corrected chi connectivity index (χ4v) is 2.21. The van der Waals surface area contributed by atoms with E-state index in [1.807, 2.05) is 11.4 Å². The number of thiazole rings is 1. The Morgan fingerprint density at radius 1 is 1.47 bits per heavy atom. The van der Waals surface area contributed by atoms with E-state index in [1.165, 1.54) is 0 Å². The van der Waals surface area contributed by atoms with Crippen LogP contribution >= 0.6 is 11.3 Å². The molecule has 88 valence electrons. The second-order valence-electron chi connectivity index (χ2n) is 4.77. The molecule has 0 amide bonds. The molecule has 0 radical (unpaired) electrons. The van der Waals surface area contributed by atoms with Gasteiger partial charge in [0.25, 0.3) is 5.82 Å². The number of nitrogens with zero attached hydrogens (tertiary/aromatic N) is 5. The molecule has 5 nitrogen and oxygen atoms in total. The summed E-state index contributed by atoms with van der Waals surface area (Å²) in [5.41, 5.74) is 1.03. The average molecular weight is 247 g/mol. The average Bonchev–Trinajstić information content (AvgIpc) is 2.86. The van der Waals surface area contributed by atoms with Crippen molar-refractivity contribution < 1.29 is 0 Å². The predicted octanol–water partition coefficient (Wildman–Crippen LogP) is 1.95. The summed E-state index contributed by atoms with van der Waals surface area (Å²) in [7, 11) is 0. The van der Waals surface area contributed by atoms with Gasteiger partial charge in [0.05, 0.1) is 17.2 Å². The zero-order chi connectivity index (χ0) is 12.5. The second-order valence-corrected chi connectivity index (χ2v) is 5.63. The molecule has 17 heavy (non-hydrogen) atoms. The molecule has 0 saturated heterocycles. The van der Waals surface area contributed by atoms with Crippen LogP contribution in [0.1, 0.15) is 37.3 Å². The first-order chi connectivity index (χ1) is 7.99. The second kappa shape index (κ2) is 4.26. The molecule has 2 rings (SSSR count). The van der Waals surface area contributed by atoms with Gasteiger partial charge in [-0.25, -0.2) is 14.6 Å². The van der Waals surface area contributed by atoms with E-state index in [0.29, 0.717) is 6.54 Å². The van der Waals surface area contributed by atoms with Gasteiger partial charge in [-0.3, -0.25) is 0 Å². The standard InChI is InChI=1S/C11H13N5S/c1-11(2,3)10-14-8(6-17-10)5-16-7-13-9(4-12)15-16/h6-7H,5H2,1-3H3. The first-order valence-electron chi connectivity index (χ1n) is 5.23. The smallest absolute Gasteiger partial charge is 0.246 e. The Hall–Kier alpha value is -1.74. The summed E-state index contributed by atoms with van der Waals surface area (Å²) in [6.07, 6.45) is 1.55. The molecule has 0 aliphatic heterocycles. The minimum absolute atomic E-state index is 0.0725. The van der Waals surface area contributed by atoms with Gasteiger partial charge in [-0.15, -0.1) is 16.4 Å². The van der Waals surface area contributed by atoms with Crippen molar-refractivity contribution >= 4 is 11.3 Å². The molecule has 0 bridgehead atoms. The Labute approximate surface area is 104 Å². The van der Waals surface area contributed by atoms with Crippen molar-refractivity contribution in [3.05, 3.63) is 28.2 Å². The van der Waals surface area contributed by atoms with Gasteiger partial charge in [0, 0.05) is 10.8 Å². The number of aromatic nitrogens is 4. The van der Waals surface area contributed by atoms with Crippen LogP contribution in [0.3, 0.4) is 0 Å². The van der Waals surface area contributed by atoms with E-state index in [4.69, 9.17) is 5.26 Å². The molecular formula is C11H13N5S. The third-order valence-corrected chi connectivity index (χ3v) is 3.47. The first kappa shape index (κ1) is 11.7. The van der Waals surface area contributed by atoms with Crippen molar-refractivity contribution in [3.8, 4) is 6.07 Å². The van der Waals surface area contributed by atoms with Crippen molar-refractivity contribution in [2.24, 2.45) is 0 Å². The van der Waals surface area contributed by atoms with Crippen LogP contribution in [0.15, 0.2) is 11.7 Å². The Balaban J connectivity index is 2.15. The van der Waals surface area contributed by atoms with Crippen LogP contribution in [0.2, 0.25) is 0 Å². The van der Waals surface area contributed by atoms with Gasteiger partial charge < -0.3 is 0 Å². The molecule has 0 N–H and O–H groups in total. The van der Waals surface area contributed by atoms with E-state index >= 15 is 0 Å². The zero-order valence-corrected chi connectivity index (χ0v) is 10.8. The van der Waals surface area contributed by atoms with Crippen molar-refractivity contribution in [3.63, 3.8) is 0 Å². The lowest BCUT2D eigenvalue weighted by molar-refractivity contribution is 0.578. The van der Waals surface area contributed by atoms with Crippen LogP contribution in [0.4, 0.5) is 0 Å². The summed E-state index contributed by atoms with van der Waals surface area (Å²) < 4.78 is 1.63. The third-order valence-electron chi connectivity index (χ3n) is 2.15. The van der Waals surface area contributed by atoms with Crippen LogP contribution in [0.5, 0.6) is 0 Å². The molecule has 2 aromatic rings. The summed E-state index contributed by atoms with van der Waals surface area (Å²) in [5, 5.41) is 15.8. The summed E-state index contributed by atoms with van der Waals surface area (Å²) in [6, 6.07) is 1.90. The minimum atomic E-state index is 0.0725. The van der Waals surface area contributed by atoms with E-state index in [0.717, 1.165) is 10.7 Å². The minimum Gasteiger partial charge on any atom is -0.246 e. The Kier molecular flexibility index (Phi) is 2.94. The lowest BCUT2D eigenvalue weighted by Gasteiger charge is -2.13. The highest BCUT2D eigenvalue weighted by Gasteiger charge is 2.18. The zero-order valence-electron chi connectivity index (χ0n) is 10.0. The molecule has 0 unspecified atom stereocenters. The Bertz CT molecular complexity index is 555. The topological polar surface area (TPSA) is 67.4 Å². The number of nitriles is 1. The highest BCUT2D eigenvalue weighted by molar-refractivity contribution is 7.09. The maximum atomic E-state index is 8.63. The highest BCUT2D eigenvalue weighted by atomic mass is 32.1. The number of hydrogen-bond acceptors (Lipinski definition) is 5. The molecule has 0 fully saturated rings. The number of hydrogen-bond donors (Lipinski definition) is 0. The maximum absolute atomic E-state index is 8.63. The van der Waals surface area contributed by atoms with Crippen LogP contribution in [-0.2, 0) is 12.0 Å². The van der Waals surface area contributed by atoms with Gasteiger partial charge in [0.2, 0.25) is 0 Å². The van der Waals surface area contributed by atoms with Gasteiger partial charge in [-0.05, 0) is 0 Å². The van der Waals surface area contributed by atoms with E-state index in [-0.39, 0.29) is 11.2 Å². The van der Waals surface area contributed by atoms with Crippen molar-refractivity contribution in [1.29, 1.82) is 5.26 Å². The molecule has 0 aromatic carbocycles. The SMILES string of the molecule is CC(C)(C)c1nc(Cn2cnc(C#N)n2)cs1. The normalized spacial score (nSPS) is 11.4. The van der Waals surface area contributed by atoms with Gasteiger partial charge in [0.1, 0.15) is 12.4 Å². The maximum Gasteiger partial charge on any atom is 0.252 e.